The SMILES string of the molecule is Clc1cccc2c1ccc1ccoc12. The molecule has 0 aliphatic carbocycles. The van der Waals surface area contributed by atoms with Crippen LogP contribution in [0.5, 0.6) is 0 Å². The van der Waals surface area contributed by atoms with Crippen LogP contribution in [0.25, 0.3) is 21.7 Å². The maximum absolute atomic E-state index is 6.08. The van der Waals surface area contributed by atoms with Crippen LogP contribution in [0.2, 0.25) is 5.02 Å². The van der Waals surface area contributed by atoms with Gasteiger partial charge in [0.2, 0.25) is 0 Å². The summed E-state index contributed by atoms with van der Waals surface area (Å²) in [5, 5.41) is 3.98. The first kappa shape index (κ1) is 7.89. The predicted molar refractivity (Wildman–Crippen MR) is 58.7 cm³/mol. The Morgan fingerprint density at radius 3 is 2.79 bits per heavy atom. The van der Waals surface area contributed by atoms with E-state index in [0.717, 1.165) is 26.8 Å². The van der Waals surface area contributed by atoms with E-state index in [9.17, 15) is 0 Å². The predicted octanol–water partition coefficient (Wildman–Crippen LogP) is 4.24. The quantitative estimate of drug-likeness (QED) is 0.532. The molecular weight excluding hydrogens is 196 g/mol. The van der Waals surface area contributed by atoms with Crippen molar-refractivity contribution in [2.45, 2.75) is 0 Å². The van der Waals surface area contributed by atoms with Crippen LogP contribution in [0.4, 0.5) is 0 Å². The second-order valence-electron chi connectivity index (χ2n) is 3.24. The van der Waals surface area contributed by atoms with E-state index in [-0.39, 0.29) is 0 Å². The van der Waals surface area contributed by atoms with Crippen molar-refractivity contribution in [3.8, 4) is 0 Å². The van der Waals surface area contributed by atoms with Crippen molar-refractivity contribution in [2.75, 3.05) is 0 Å². The largest absolute Gasteiger partial charge is 0.464 e. The van der Waals surface area contributed by atoms with Gasteiger partial charge in [-0.3, -0.25) is 0 Å². The first-order chi connectivity index (χ1) is 6.86. The Hall–Kier alpha value is -1.47. The van der Waals surface area contributed by atoms with Gasteiger partial charge in [0.25, 0.3) is 0 Å². The van der Waals surface area contributed by atoms with Crippen LogP contribution in [-0.2, 0) is 0 Å². The number of hydrogen-bond acceptors (Lipinski definition) is 1. The fourth-order valence-electron chi connectivity index (χ4n) is 1.75. The van der Waals surface area contributed by atoms with Crippen molar-refractivity contribution in [1.82, 2.24) is 0 Å². The van der Waals surface area contributed by atoms with Gasteiger partial charge in [-0.1, -0.05) is 35.9 Å². The summed E-state index contributed by atoms with van der Waals surface area (Å²) in [6.07, 6.45) is 1.70. The van der Waals surface area contributed by atoms with Gasteiger partial charge in [-0.15, -0.1) is 0 Å². The van der Waals surface area contributed by atoms with Crippen LogP contribution in [0.3, 0.4) is 0 Å². The van der Waals surface area contributed by atoms with Crippen LogP contribution in [0.1, 0.15) is 0 Å². The molecule has 0 atom stereocenters. The monoisotopic (exact) mass is 202 g/mol. The van der Waals surface area contributed by atoms with Gasteiger partial charge >= 0.3 is 0 Å². The van der Waals surface area contributed by atoms with Crippen molar-refractivity contribution < 1.29 is 4.42 Å². The lowest BCUT2D eigenvalue weighted by Gasteiger charge is -1.99. The number of hydrogen-bond donors (Lipinski definition) is 0. The molecule has 0 fully saturated rings. The van der Waals surface area contributed by atoms with Gasteiger partial charge < -0.3 is 4.42 Å². The highest BCUT2D eigenvalue weighted by atomic mass is 35.5. The zero-order valence-electron chi connectivity index (χ0n) is 7.33. The summed E-state index contributed by atoms with van der Waals surface area (Å²) >= 11 is 6.08. The maximum atomic E-state index is 6.08. The van der Waals surface area contributed by atoms with Gasteiger partial charge in [0.05, 0.1) is 6.26 Å². The summed E-state index contributed by atoms with van der Waals surface area (Å²) in [6, 6.07) is 11.8. The Bertz CT molecular complexity index is 610. The minimum atomic E-state index is 0.765. The Labute approximate surface area is 85.9 Å². The Morgan fingerprint density at radius 1 is 0.929 bits per heavy atom. The van der Waals surface area contributed by atoms with E-state index in [1.165, 1.54) is 0 Å². The van der Waals surface area contributed by atoms with Gasteiger partial charge in [-0.25, -0.2) is 0 Å². The van der Waals surface area contributed by atoms with E-state index in [1.54, 1.807) is 6.26 Å². The minimum Gasteiger partial charge on any atom is -0.464 e. The van der Waals surface area contributed by atoms with Crippen molar-refractivity contribution in [3.05, 3.63) is 47.7 Å². The normalized spacial score (nSPS) is 11.2. The molecule has 2 aromatic carbocycles. The highest BCUT2D eigenvalue weighted by Crippen LogP contribution is 2.30. The highest BCUT2D eigenvalue weighted by molar-refractivity contribution is 6.36. The highest BCUT2D eigenvalue weighted by Gasteiger charge is 2.04. The Morgan fingerprint density at radius 2 is 1.86 bits per heavy atom. The minimum absolute atomic E-state index is 0.765. The molecule has 2 heteroatoms. The molecule has 0 saturated heterocycles. The second kappa shape index (κ2) is 2.76. The summed E-state index contributed by atoms with van der Waals surface area (Å²) in [5.74, 6) is 0. The summed E-state index contributed by atoms with van der Waals surface area (Å²) in [5.41, 5.74) is 0.907. The molecule has 3 rings (SSSR count). The topological polar surface area (TPSA) is 13.1 Å². The molecule has 1 heterocycles. The van der Waals surface area contributed by atoms with E-state index >= 15 is 0 Å². The van der Waals surface area contributed by atoms with Gasteiger partial charge in [0.1, 0.15) is 5.58 Å². The molecule has 68 valence electrons. The van der Waals surface area contributed by atoms with Crippen molar-refractivity contribution in [2.24, 2.45) is 0 Å². The third kappa shape index (κ3) is 0.962. The van der Waals surface area contributed by atoms with E-state index in [4.69, 9.17) is 16.0 Å². The van der Waals surface area contributed by atoms with E-state index in [1.807, 2.05) is 36.4 Å². The standard InChI is InChI=1S/C12H7ClO/c13-11-3-1-2-10-9(11)5-4-8-6-7-14-12(8)10/h1-7H. The lowest BCUT2D eigenvalue weighted by atomic mass is 10.1. The van der Waals surface area contributed by atoms with Crippen LogP contribution >= 0.6 is 11.6 Å². The molecule has 0 unspecified atom stereocenters. The van der Waals surface area contributed by atoms with Gasteiger partial charge in [0.15, 0.2) is 0 Å². The number of rotatable bonds is 0. The molecule has 0 N–H and O–H groups in total. The van der Waals surface area contributed by atoms with Crippen molar-refractivity contribution in [3.63, 3.8) is 0 Å². The van der Waals surface area contributed by atoms with E-state index in [0.29, 0.717) is 0 Å². The van der Waals surface area contributed by atoms with Crippen molar-refractivity contribution >= 4 is 33.3 Å². The summed E-state index contributed by atoms with van der Waals surface area (Å²) in [4.78, 5) is 0. The van der Waals surface area contributed by atoms with Crippen molar-refractivity contribution in [1.29, 1.82) is 0 Å². The van der Waals surface area contributed by atoms with Crippen LogP contribution < -0.4 is 0 Å². The zero-order chi connectivity index (χ0) is 9.54. The first-order valence-corrected chi connectivity index (χ1v) is 4.78. The smallest absolute Gasteiger partial charge is 0.141 e. The first-order valence-electron chi connectivity index (χ1n) is 4.41. The molecule has 0 radical (unpaired) electrons. The van der Waals surface area contributed by atoms with Gasteiger partial charge in [-0.2, -0.15) is 0 Å². The number of furan rings is 1. The fraction of sp³-hybridized carbons (Fsp3) is 0. The number of benzene rings is 2. The summed E-state index contributed by atoms with van der Waals surface area (Å²) < 4.78 is 5.43. The molecular formula is C12H7ClO. The fourth-order valence-corrected chi connectivity index (χ4v) is 1.98. The lowest BCUT2D eigenvalue weighted by molar-refractivity contribution is 0.619. The molecule has 0 spiro atoms. The maximum Gasteiger partial charge on any atom is 0.141 e. The third-order valence-electron chi connectivity index (χ3n) is 2.42. The average molecular weight is 203 g/mol. The molecule has 3 aromatic rings. The molecule has 0 aliphatic rings. The van der Waals surface area contributed by atoms with Crippen LogP contribution in [0, 0.1) is 0 Å². The Kier molecular flexibility index (Phi) is 1.55. The van der Waals surface area contributed by atoms with E-state index < -0.39 is 0 Å². The molecule has 0 bridgehead atoms. The molecule has 0 amide bonds. The molecule has 1 aromatic heterocycles. The lowest BCUT2D eigenvalue weighted by Crippen LogP contribution is -1.74. The molecule has 0 aliphatic heterocycles. The second-order valence-corrected chi connectivity index (χ2v) is 3.65. The van der Waals surface area contributed by atoms with Gasteiger partial charge in [-0.05, 0) is 12.1 Å². The summed E-state index contributed by atoms with van der Waals surface area (Å²) in [7, 11) is 0. The molecule has 1 nitrogen and oxygen atoms in total. The van der Waals surface area contributed by atoms with E-state index in [2.05, 4.69) is 0 Å². The van der Waals surface area contributed by atoms with Gasteiger partial charge in [0, 0.05) is 21.2 Å². The number of halogens is 1. The zero-order valence-corrected chi connectivity index (χ0v) is 8.08. The number of fused-ring (bicyclic) bond motifs is 3. The molecule has 14 heavy (non-hydrogen) atoms. The van der Waals surface area contributed by atoms with Crippen LogP contribution in [0.15, 0.2) is 47.1 Å². The average Bonchev–Trinajstić information content (AvgIpc) is 2.66. The molecule has 0 saturated carbocycles. The third-order valence-corrected chi connectivity index (χ3v) is 2.75. The Balaban J connectivity index is 2.64. The van der Waals surface area contributed by atoms with Crippen LogP contribution in [-0.4, -0.2) is 0 Å². The summed E-state index contributed by atoms with van der Waals surface area (Å²) in [6.45, 7) is 0.